The molecule has 0 amide bonds. The zero-order chi connectivity index (χ0) is 13.9. The van der Waals surface area contributed by atoms with Crippen molar-refractivity contribution in [2.75, 3.05) is 31.1 Å². The minimum Gasteiger partial charge on any atom is -0.369 e. The molecule has 2 aromatic carbocycles. The van der Waals surface area contributed by atoms with Gasteiger partial charge in [0, 0.05) is 31.9 Å². The number of nitrogens with zero attached hydrogens (tertiary/aromatic N) is 1. The maximum absolute atomic E-state index is 3.39. The van der Waals surface area contributed by atoms with E-state index in [9.17, 15) is 0 Å². The zero-order valence-electron chi connectivity index (χ0n) is 12.3. The van der Waals surface area contributed by atoms with Crippen molar-refractivity contribution in [1.82, 2.24) is 5.32 Å². The number of nitrogens with one attached hydrogen (secondary N) is 1. The second-order valence-corrected chi connectivity index (χ2v) is 5.66. The third-order valence-electron chi connectivity index (χ3n) is 3.90. The van der Waals surface area contributed by atoms with Gasteiger partial charge >= 0.3 is 0 Å². The lowest BCUT2D eigenvalue weighted by molar-refractivity contribution is 0.589. The minimum absolute atomic E-state index is 1.08. The molecule has 2 aromatic rings. The Bertz CT molecular complexity index is 561. The first kappa shape index (κ1) is 13.2. The Morgan fingerprint density at radius 1 is 0.800 bits per heavy atom. The Morgan fingerprint density at radius 2 is 1.40 bits per heavy atom. The third kappa shape index (κ3) is 2.86. The average Bonchev–Trinajstić information content (AvgIpc) is 2.47. The summed E-state index contributed by atoms with van der Waals surface area (Å²) in [5.74, 6) is 0. The first-order chi connectivity index (χ1) is 9.72. The monoisotopic (exact) mass is 266 g/mol. The van der Waals surface area contributed by atoms with Gasteiger partial charge in [-0.3, -0.25) is 0 Å². The van der Waals surface area contributed by atoms with E-state index in [-0.39, 0.29) is 0 Å². The van der Waals surface area contributed by atoms with Gasteiger partial charge in [-0.15, -0.1) is 0 Å². The summed E-state index contributed by atoms with van der Waals surface area (Å²) in [5.41, 5.74) is 6.60. The van der Waals surface area contributed by atoms with Crippen molar-refractivity contribution in [2.45, 2.75) is 13.8 Å². The quantitative estimate of drug-likeness (QED) is 0.896. The molecule has 2 heteroatoms. The number of benzene rings is 2. The molecule has 1 heterocycles. The summed E-state index contributed by atoms with van der Waals surface area (Å²) in [7, 11) is 0. The molecule has 0 unspecified atom stereocenters. The fraction of sp³-hybridized carbons (Fsp3) is 0.333. The lowest BCUT2D eigenvalue weighted by atomic mass is 10.0. The van der Waals surface area contributed by atoms with E-state index in [1.165, 1.54) is 27.9 Å². The van der Waals surface area contributed by atoms with E-state index >= 15 is 0 Å². The van der Waals surface area contributed by atoms with E-state index < -0.39 is 0 Å². The van der Waals surface area contributed by atoms with Crippen molar-refractivity contribution in [1.29, 1.82) is 0 Å². The number of hydrogen-bond acceptors (Lipinski definition) is 2. The van der Waals surface area contributed by atoms with Crippen LogP contribution in [0, 0.1) is 13.8 Å². The van der Waals surface area contributed by atoms with Gasteiger partial charge in [0.15, 0.2) is 0 Å². The molecule has 3 rings (SSSR count). The van der Waals surface area contributed by atoms with Crippen LogP contribution in [-0.4, -0.2) is 26.2 Å². The van der Waals surface area contributed by atoms with Gasteiger partial charge in [-0.25, -0.2) is 0 Å². The summed E-state index contributed by atoms with van der Waals surface area (Å²) in [6.07, 6.45) is 0. The van der Waals surface area contributed by atoms with Crippen LogP contribution >= 0.6 is 0 Å². The molecule has 1 N–H and O–H groups in total. The van der Waals surface area contributed by atoms with Crippen molar-refractivity contribution in [3.05, 3.63) is 53.6 Å². The smallest absolute Gasteiger partial charge is 0.0367 e. The minimum atomic E-state index is 1.08. The Kier molecular flexibility index (Phi) is 3.75. The lowest BCUT2D eigenvalue weighted by Crippen LogP contribution is -2.43. The van der Waals surface area contributed by atoms with Gasteiger partial charge in [-0.05, 0) is 37.1 Å². The highest BCUT2D eigenvalue weighted by Crippen LogP contribution is 2.25. The maximum Gasteiger partial charge on any atom is 0.0367 e. The molecule has 0 spiro atoms. The van der Waals surface area contributed by atoms with Crippen LogP contribution in [0.3, 0.4) is 0 Å². The van der Waals surface area contributed by atoms with Crippen LogP contribution in [0.5, 0.6) is 0 Å². The van der Waals surface area contributed by atoms with E-state index in [4.69, 9.17) is 0 Å². The molecule has 0 saturated carbocycles. The summed E-state index contributed by atoms with van der Waals surface area (Å²) in [4.78, 5) is 2.45. The molecule has 0 bridgehead atoms. The molecule has 0 aromatic heterocycles. The maximum atomic E-state index is 3.39. The van der Waals surface area contributed by atoms with E-state index in [1.54, 1.807) is 0 Å². The molecular weight excluding hydrogens is 244 g/mol. The standard InChI is InChI=1S/C18H22N2/c1-14-11-15(2)13-17(12-14)16-3-5-18(6-4-16)20-9-7-19-8-10-20/h3-6,11-13,19H,7-10H2,1-2H3. The van der Waals surface area contributed by atoms with Crippen LogP contribution in [0.1, 0.15) is 11.1 Å². The highest BCUT2D eigenvalue weighted by molar-refractivity contribution is 5.67. The van der Waals surface area contributed by atoms with Crippen molar-refractivity contribution in [3.63, 3.8) is 0 Å². The average molecular weight is 266 g/mol. The molecule has 20 heavy (non-hydrogen) atoms. The molecule has 0 aliphatic carbocycles. The molecule has 1 aliphatic heterocycles. The van der Waals surface area contributed by atoms with Gasteiger partial charge in [-0.1, -0.05) is 41.5 Å². The fourth-order valence-electron chi connectivity index (χ4n) is 2.93. The zero-order valence-corrected chi connectivity index (χ0v) is 12.3. The second kappa shape index (κ2) is 5.68. The number of anilines is 1. The second-order valence-electron chi connectivity index (χ2n) is 5.66. The summed E-state index contributed by atoms with van der Waals surface area (Å²) in [6.45, 7) is 8.68. The van der Waals surface area contributed by atoms with E-state index in [0.717, 1.165) is 26.2 Å². The van der Waals surface area contributed by atoms with E-state index in [1.807, 2.05) is 0 Å². The van der Waals surface area contributed by atoms with Gasteiger partial charge in [0.25, 0.3) is 0 Å². The molecule has 2 nitrogen and oxygen atoms in total. The Hall–Kier alpha value is -1.80. The Labute approximate surface area is 121 Å². The third-order valence-corrected chi connectivity index (χ3v) is 3.90. The van der Waals surface area contributed by atoms with E-state index in [0.29, 0.717) is 0 Å². The van der Waals surface area contributed by atoms with Crippen LogP contribution in [0.15, 0.2) is 42.5 Å². The lowest BCUT2D eigenvalue weighted by Gasteiger charge is -2.29. The SMILES string of the molecule is Cc1cc(C)cc(-c2ccc(N3CCNCC3)cc2)c1. The largest absolute Gasteiger partial charge is 0.369 e. The van der Waals surface area contributed by atoms with E-state index in [2.05, 4.69) is 66.5 Å². The first-order valence-electron chi connectivity index (χ1n) is 7.37. The fourth-order valence-corrected chi connectivity index (χ4v) is 2.93. The number of piperazine rings is 1. The molecule has 1 fully saturated rings. The number of aryl methyl sites for hydroxylation is 2. The van der Waals surface area contributed by atoms with Crippen molar-refractivity contribution < 1.29 is 0 Å². The Morgan fingerprint density at radius 3 is 2.00 bits per heavy atom. The van der Waals surface area contributed by atoms with Crippen LogP contribution in [0.25, 0.3) is 11.1 Å². The predicted octanol–water partition coefficient (Wildman–Crippen LogP) is 3.38. The van der Waals surface area contributed by atoms with Crippen LogP contribution in [0.2, 0.25) is 0 Å². The normalized spacial score (nSPS) is 15.4. The van der Waals surface area contributed by atoms with Crippen molar-refractivity contribution in [2.24, 2.45) is 0 Å². The van der Waals surface area contributed by atoms with Gasteiger partial charge in [0.1, 0.15) is 0 Å². The molecule has 0 radical (unpaired) electrons. The molecule has 1 saturated heterocycles. The number of hydrogen-bond donors (Lipinski definition) is 1. The first-order valence-corrected chi connectivity index (χ1v) is 7.37. The van der Waals surface area contributed by atoms with Crippen molar-refractivity contribution in [3.8, 4) is 11.1 Å². The summed E-state index contributed by atoms with van der Waals surface area (Å²) in [5, 5.41) is 3.39. The van der Waals surface area contributed by atoms with Crippen LogP contribution in [-0.2, 0) is 0 Å². The Balaban J connectivity index is 1.85. The molecule has 0 atom stereocenters. The van der Waals surface area contributed by atoms with Gasteiger partial charge in [0.2, 0.25) is 0 Å². The molecular formula is C18H22N2. The summed E-state index contributed by atoms with van der Waals surface area (Å²) < 4.78 is 0. The predicted molar refractivity (Wildman–Crippen MR) is 86.4 cm³/mol. The topological polar surface area (TPSA) is 15.3 Å². The van der Waals surface area contributed by atoms with Crippen LogP contribution < -0.4 is 10.2 Å². The molecule has 1 aliphatic rings. The highest BCUT2D eigenvalue weighted by Gasteiger charge is 2.10. The van der Waals surface area contributed by atoms with Gasteiger partial charge in [-0.2, -0.15) is 0 Å². The summed E-state index contributed by atoms with van der Waals surface area (Å²) >= 11 is 0. The van der Waals surface area contributed by atoms with Gasteiger partial charge in [0.05, 0.1) is 0 Å². The van der Waals surface area contributed by atoms with Crippen LogP contribution in [0.4, 0.5) is 5.69 Å². The van der Waals surface area contributed by atoms with Crippen molar-refractivity contribution >= 4 is 5.69 Å². The molecule has 104 valence electrons. The van der Waals surface area contributed by atoms with Gasteiger partial charge < -0.3 is 10.2 Å². The number of rotatable bonds is 2. The summed E-state index contributed by atoms with van der Waals surface area (Å²) in [6, 6.07) is 15.7. The highest BCUT2D eigenvalue weighted by atomic mass is 15.2.